The maximum atomic E-state index is 14.4. The number of aliphatic hydroxyl groups is 1. The first-order valence-electron chi connectivity index (χ1n) is 10.1. The lowest BCUT2D eigenvalue weighted by molar-refractivity contribution is 0.266. The number of anilines is 3. The third-order valence-electron chi connectivity index (χ3n) is 5.73. The smallest absolute Gasteiger partial charge is 0.147 e. The normalized spacial score (nSPS) is 21.8. The molecule has 0 amide bonds. The standard InChI is InChI=1S/C21H25FN6O/c22-18-9-15(11-23)5-6-19(18)27-7-1-3-16(12-27)26-20-10-21(25-14-24-20)28-8-2-4-17(28)13-29/h5-6,9-10,14,16-17,29H,1-4,7-8,12-13H2,(H,24,25,26). The number of nitrogens with zero attached hydrogens (tertiary/aromatic N) is 5. The monoisotopic (exact) mass is 396 g/mol. The summed E-state index contributed by atoms with van der Waals surface area (Å²) in [5.74, 6) is 1.20. The minimum absolute atomic E-state index is 0.113. The molecule has 2 saturated heterocycles. The molecule has 0 spiro atoms. The van der Waals surface area contributed by atoms with Gasteiger partial charge in [0, 0.05) is 31.7 Å². The maximum Gasteiger partial charge on any atom is 0.147 e. The van der Waals surface area contributed by atoms with Crippen LogP contribution in [0.25, 0.3) is 0 Å². The summed E-state index contributed by atoms with van der Waals surface area (Å²) < 4.78 is 14.4. The molecule has 2 N–H and O–H groups in total. The quantitative estimate of drug-likeness (QED) is 0.803. The molecule has 3 heterocycles. The molecule has 1 aromatic carbocycles. The van der Waals surface area contributed by atoms with E-state index in [1.54, 1.807) is 18.5 Å². The largest absolute Gasteiger partial charge is 0.394 e. The van der Waals surface area contributed by atoms with Gasteiger partial charge in [-0.2, -0.15) is 5.26 Å². The van der Waals surface area contributed by atoms with Crippen molar-refractivity contribution in [1.29, 1.82) is 5.26 Å². The van der Waals surface area contributed by atoms with Crippen LogP contribution in [0.15, 0.2) is 30.6 Å². The maximum absolute atomic E-state index is 14.4. The molecule has 29 heavy (non-hydrogen) atoms. The van der Waals surface area contributed by atoms with Crippen molar-refractivity contribution < 1.29 is 9.50 Å². The second-order valence-electron chi connectivity index (χ2n) is 7.64. The van der Waals surface area contributed by atoms with Gasteiger partial charge in [0.15, 0.2) is 0 Å². The highest BCUT2D eigenvalue weighted by molar-refractivity contribution is 5.53. The zero-order chi connectivity index (χ0) is 20.2. The van der Waals surface area contributed by atoms with E-state index in [0.717, 1.165) is 50.4 Å². The highest BCUT2D eigenvalue weighted by Crippen LogP contribution is 2.27. The highest BCUT2D eigenvalue weighted by atomic mass is 19.1. The molecule has 2 aliphatic heterocycles. The van der Waals surface area contributed by atoms with Crippen molar-refractivity contribution in [3.63, 3.8) is 0 Å². The number of halogens is 1. The zero-order valence-electron chi connectivity index (χ0n) is 16.3. The van der Waals surface area contributed by atoms with Gasteiger partial charge >= 0.3 is 0 Å². The van der Waals surface area contributed by atoms with E-state index in [4.69, 9.17) is 5.26 Å². The number of aliphatic hydroxyl groups excluding tert-OH is 1. The Morgan fingerprint density at radius 2 is 2.07 bits per heavy atom. The summed E-state index contributed by atoms with van der Waals surface area (Å²) in [7, 11) is 0. The van der Waals surface area contributed by atoms with Gasteiger partial charge < -0.3 is 20.2 Å². The molecule has 4 rings (SSSR count). The van der Waals surface area contributed by atoms with Gasteiger partial charge in [0.2, 0.25) is 0 Å². The molecular formula is C21H25FN6O. The molecule has 7 nitrogen and oxygen atoms in total. The van der Waals surface area contributed by atoms with E-state index in [-0.39, 0.29) is 24.5 Å². The summed E-state index contributed by atoms with van der Waals surface area (Å²) in [4.78, 5) is 12.9. The van der Waals surface area contributed by atoms with E-state index in [1.165, 1.54) is 6.07 Å². The van der Waals surface area contributed by atoms with Crippen molar-refractivity contribution >= 4 is 17.3 Å². The average molecular weight is 396 g/mol. The van der Waals surface area contributed by atoms with Crippen LogP contribution < -0.4 is 15.1 Å². The average Bonchev–Trinajstić information content (AvgIpc) is 3.23. The Balaban J connectivity index is 1.45. The molecule has 0 bridgehead atoms. The minimum Gasteiger partial charge on any atom is -0.394 e. The first kappa shape index (κ1) is 19.4. The van der Waals surface area contributed by atoms with E-state index in [0.29, 0.717) is 17.8 Å². The van der Waals surface area contributed by atoms with Crippen LogP contribution >= 0.6 is 0 Å². The van der Waals surface area contributed by atoms with Gasteiger partial charge in [-0.05, 0) is 43.9 Å². The third-order valence-corrected chi connectivity index (χ3v) is 5.73. The van der Waals surface area contributed by atoms with Crippen LogP contribution in [0.1, 0.15) is 31.2 Å². The molecule has 152 valence electrons. The Hall–Kier alpha value is -2.92. The fourth-order valence-electron chi connectivity index (χ4n) is 4.27. The number of nitriles is 1. The molecule has 2 aromatic rings. The van der Waals surface area contributed by atoms with Gasteiger partial charge in [-0.3, -0.25) is 0 Å². The van der Waals surface area contributed by atoms with Gasteiger partial charge in [0.05, 0.1) is 30.0 Å². The Bertz CT molecular complexity index is 901. The Morgan fingerprint density at radius 1 is 1.21 bits per heavy atom. The Morgan fingerprint density at radius 3 is 2.86 bits per heavy atom. The number of hydrogen-bond acceptors (Lipinski definition) is 7. The van der Waals surface area contributed by atoms with Crippen molar-refractivity contribution in [2.75, 3.05) is 41.4 Å². The summed E-state index contributed by atoms with van der Waals surface area (Å²) in [5, 5.41) is 22.0. The van der Waals surface area contributed by atoms with Crippen LogP contribution in [0.4, 0.5) is 21.7 Å². The summed E-state index contributed by atoms with van der Waals surface area (Å²) in [5.41, 5.74) is 0.858. The fourth-order valence-corrected chi connectivity index (χ4v) is 4.27. The first-order valence-corrected chi connectivity index (χ1v) is 10.1. The predicted molar refractivity (Wildman–Crippen MR) is 109 cm³/mol. The number of nitrogens with one attached hydrogen (secondary N) is 1. The van der Waals surface area contributed by atoms with Gasteiger partial charge in [0.25, 0.3) is 0 Å². The van der Waals surface area contributed by atoms with Crippen LogP contribution in [-0.2, 0) is 0 Å². The predicted octanol–water partition coefficient (Wildman–Crippen LogP) is 2.53. The molecule has 2 fully saturated rings. The van der Waals surface area contributed by atoms with Gasteiger partial charge in [-0.15, -0.1) is 0 Å². The summed E-state index contributed by atoms with van der Waals surface area (Å²) in [6, 6.07) is 8.77. The summed E-state index contributed by atoms with van der Waals surface area (Å²) >= 11 is 0. The molecule has 0 radical (unpaired) electrons. The van der Waals surface area contributed by atoms with Crippen molar-refractivity contribution in [3.05, 3.63) is 42.0 Å². The molecule has 8 heteroatoms. The zero-order valence-corrected chi connectivity index (χ0v) is 16.3. The molecular weight excluding hydrogens is 371 g/mol. The number of benzene rings is 1. The van der Waals surface area contributed by atoms with E-state index in [1.807, 2.05) is 17.0 Å². The van der Waals surface area contributed by atoms with E-state index in [2.05, 4.69) is 20.2 Å². The van der Waals surface area contributed by atoms with Gasteiger partial charge in [0.1, 0.15) is 23.8 Å². The number of piperidine rings is 1. The number of hydrogen-bond donors (Lipinski definition) is 2. The number of rotatable bonds is 5. The molecule has 0 aliphatic carbocycles. The highest BCUT2D eigenvalue weighted by Gasteiger charge is 2.26. The van der Waals surface area contributed by atoms with Crippen molar-refractivity contribution in [2.24, 2.45) is 0 Å². The van der Waals surface area contributed by atoms with Crippen LogP contribution in [0.2, 0.25) is 0 Å². The van der Waals surface area contributed by atoms with Gasteiger partial charge in [-0.1, -0.05) is 0 Å². The summed E-state index contributed by atoms with van der Waals surface area (Å²) in [6.07, 6.45) is 5.47. The SMILES string of the molecule is N#Cc1ccc(N2CCCC(Nc3cc(N4CCCC4CO)ncn3)C2)c(F)c1. The van der Waals surface area contributed by atoms with E-state index < -0.39 is 0 Å². The second-order valence-corrected chi connectivity index (χ2v) is 7.64. The summed E-state index contributed by atoms with van der Waals surface area (Å²) in [6.45, 7) is 2.45. The lowest BCUT2D eigenvalue weighted by Crippen LogP contribution is -2.42. The van der Waals surface area contributed by atoms with Crippen LogP contribution in [-0.4, -0.2) is 53.4 Å². The lowest BCUT2D eigenvalue weighted by atomic mass is 10.0. The topological polar surface area (TPSA) is 88.3 Å². The van der Waals surface area contributed by atoms with E-state index in [9.17, 15) is 9.50 Å². The van der Waals surface area contributed by atoms with E-state index >= 15 is 0 Å². The molecule has 0 saturated carbocycles. The van der Waals surface area contributed by atoms with Crippen molar-refractivity contribution in [1.82, 2.24) is 9.97 Å². The van der Waals surface area contributed by atoms with Crippen LogP contribution in [0.3, 0.4) is 0 Å². The number of aromatic nitrogens is 2. The fraction of sp³-hybridized carbons (Fsp3) is 0.476. The van der Waals surface area contributed by atoms with Crippen molar-refractivity contribution in [2.45, 2.75) is 37.8 Å². The van der Waals surface area contributed by atoms with Crippen molar-refractivity contribution in [3.8, 4) is 6.07 Å². The third kappa shape index (κ3) is 4.25. The second kappa shape index (κ2) is 8.62. The molecule has 1 aromatic heterocycles. The minimum atomic E-state index is -0.363. The Labute approximate surface area is 169 Å². The first-order chi connectivity index (χ1) is 14.2. The molecule has 2 aliphatic rings. The van der Waals surface area contributed by atoms with Crippen LogP contribution in [0, 0.1) is 17.1 Å². The Kier molecular flexibility index (Phi) is 5.76. The van der Waals surface area contributed by atoms with Gasteiger partial charge in [-0.25, -0.2) is 14.4 Å². The molecule has 2 atom stereocenters. The molecule has 2 unspecified atom stereocenters. The lowest BCUT2D eigenvalue weighted by Gasteiger charge is -2.35. The van der Waals surface area contributed by atoms with Crippen LogP contribution in [0.5, 0.6) is 0 Å².